The fourth-order valence-electron chi connectivity index (χ4n) is 4.26. The Morgan fingerprint density at radius 1 is 1.19 bits per heavy atom. The maximum Gasteiger partial charge on any atom is 0.508 e. The molecule has 3 rings (SSSR count). The van der Waals surface area contributed by atoms with E-state index in [2.05, 4.69) is 0 Å². The SMILES string of the molecule is CCC(C)(C)C(=O)OCCOC(=O)OC1C2CC3C(C2)S(=O)(=O)OC31C. The number of hydrogen-bond acceptors (Lipinski definition) is 8. The number of hydrogen-bond donors (Lipinski definition) is 0. The van der Waals surface area contributed by atoms with Gasteiger partial charge in [0.1, 0.15) is 24.9 Å². The molecule has 3 aliphatic rings. The van der Waals surface area contributed by atoms with Gasteiger partial charge in [-0.15, -0.1) is 0 Å². The van der Waals surface area contributed by atoms with Gasteiger partial charge in [-0.25, -0.2) is 4.79 Å². The minimum Gasteiger partial charge on any atom is -0.462 e. The van der Waals surface area contributed by atoms with Crippen LogP contribution in [0.5, 0.6) is 0 Å². The summed E-state index contributed by atoms with van der Waals surface area (Å²) in [6.07, 6.45) is 0.211. The van der Waals surface area contributed by atoms with E-state index in [1.54, 1.807) is 20.8 Å². The second kappa shape index (κ2) is 6.37. The second-order valence-electron chi connectivity index (χ2n) is 8.15. The highest BCUT2D eigenvalue weighted by Crippen LogP contribution is 2.61. The van der Waals surface area contributed by atoms with E-state index >= 15 is 0 Å². The summed E-state index contributed by atoms with van der Waals surface area (Å²) in [6.45, 7) is 6.95. The van der Waals surface area contributed by atoms with E-state index in [4.69, 9.17) is 18.4 Å². The monoisotopic (exact) mass is 390 g/mol. The van der Waals surface area contributed by atoms with Crippen LogP contribution in [0.15, 0.2) is 0 Å². The Morgan fingerprint density at radius 3 is 2.50 bits per heavy atom. The first-order valence-corrected chi connectivity index (χ1v) is 10.4. The first-order chi connectivity index (χ1) is 12.0. The predicted octanol–water partition coefficient (Wildman–Crippen LogP) is 2.01. The predicted molar refractivity (Wildman–Crippen MR) is 89.7 cm³/mol. The van der Waals surface area contributed by atoms with Crippen molar-refractivity contribution in [1.29, 1.82) is 0 Å². The van der Waals surface area contributed by atoms with Crippen molar-refractivity contribution in [3.8, 4) is 0 Å². The molecule has 5 atom stereocenters. The Kier molecular flexibility index (Phi) is 4.75. The van der Waals surface area contributed by atoms with E-state index in [-0.39, 0.29) is 31.0 Å². The van der Waals surface area contributed by atoms with Gasteiger partial charge in [0.15, 0.2) is 0 Å². The number of esters is 1. The van der Waals surface area contributed by atoms with Gasteiger partial charge in [-0.05, 0) is 40.0 Å². The highest BCUT2D eigenvalue weighted by molar-refractivity contribution is 7.87. The summed E-state index contributed by atoms with van der Waals surface area (Å²) in [5.41, 5.74) is -1.59. The summed E-state index contributed by atoms with van der Waals surface area (Å²) in [6, 6.07) is 0. The normalized spacial score (nSPS) is 36.8. The smallest absolute Gasteiger partial charge is 0.462 e. The molecule has 1 heterocycles. The minimum atomic E-state index is -3.60. The molecule has 2 saturated carbocycles. The molecular weight excluding hydrogens is 364 g/mol. The van der Waals surface area contributed by atoms with E-state index < -0.39 is 38.6 Å². The van der Waals surface area contributed by atoms with E-state index in [0.29, 0.717) is 19.3 Å². The molecule has 1 aliphatic heterocycles. The summed E-state index contributed by atoms with van der Waals surface area (Å²) in [5, 5.41) is -0.491. The molecule has 26 heavy (non-hydrogen) atoms. The third-order valence-electron chi connectivity index (χ3n) is 6.13. The summed E-state index contributed by atoms with van der Waals surface area (Å²) in [5.74, 6) is -0.538. The van der Waals surface area contributed by atoms with Crippen molar-refractivity contribution in [3.05, 3.63) is 0 Å². The molecule has 0 aromatic heterocycles. The molecule has 2 aliphatic carbocycles. The summed E-state index contributed by atoms with van der Waals surface area (Å²) < 4.78 is 44.8. The van der Waals surface area contributed by atoms with E-state index in [1.165, 1.54) is 0 Å². The van der Waals surface area contributed by atoms with Gasteiger partial charge < -0.3 is 14.2 Å². The van der Waals surface area contributed by atoms with Crippen LogP contribution in [0.2, 0.25) is 0 Å². The van der Waals surface area contributed by atoms with Gasteiger partial charge in [-0.2, -0.15) is 8.42 Å². The molecule has 3 fully saturated rings. The van der Waals surface area contributed by atoms with Gasteiger partial charge in [-0.1, -0.05) is 6.92 Å². The zero-order valence-electron chi connectivity index (χ0n) is 15.5. The minimum absolute atomic E-state index is 0.0389. The van der Waals surface area contributed by atoms with Crippen LogP contribution in [0.1, 0.15) is 47.0 Å². The lowest BCUT2D eigenvalue weighted by molar-refractivity contribution is -0.155. The number of carbonyl (C=O) groups excluding carboxylic acids is 2. The fraction of sp³-hybridized carbons (Fsp3) is 0.882. The standard InChI is InChI=1S/C17H26O8S/c1-5-16(2,3)14(18)22-6-7-23-15(19)24-13-10-8-11-12(9-10)26(20,21)25-17(11,13)4/h10-13H,5-9H2,1-4H3. The Labute approximate surface area is 153 Å². The van der Waals surface area contributed by atoms with Crippen molar-refractivity contribution >= 4 is 22.2 Å². The first-order valence-electron chi connectivity index (χ1n) is 8.96. The highest BCUT2D eigenvalue weighted by atomic mass is 32.2. The average Bonchev–Trinajstić information content (AvgIpc) is 3.14. The lowest BCUT2D eigenvalue weighted by atomic mass is 9.83. The molecule has 1 saturated heterocycles. The Hall–Kier alpha value is -1.35. The molecular formula is C17H26O8S. The molecule has 0 aromatic rings. The average molecular weight is 390 g/mol. The quantitative estimate of drug-likeness (QED) is 0.385. The molecule has 0 amide bonds. The van der Waals surface area contributed by atoms with Gasteiger partial charge in [-0.3, -0.25) is 8.98 Å². The molecule has 5 unspecified atom stereocenters. The number of fused-ring (bicyclic) bond motifs is 1. The van der Waals surface area contributed by atoms with Crippen LogP contribution in [-0.4, -0.2) is 50.7 Å². The van der Waals surface area contributed by atoms with Crippen molar-refractivity contribution in [2.24, 2.45) is 17.3 Å². The van der Waals surface area contributed by atoms with Crippen LogP contribution in [0, 0.1) is 17.3 Å². The van der Waals surface area contributed by atoms with Gasteiger partial charge in [0.25, 0.3) is 10.1 Å². The largest absolute Gasteiger partial charge is 0.508 e. The molecule has 0 aromatic carbocycles. The van der Waals surface area contributed by atoms with Crippen molar-refractivity contribution < 1.29 is 36.4 Å². The molecule has 0 N–H and O–H groups in total. The Balaban J connectivity index is 1.47. The van der Waals surface area contributed by atoms with E-state index in [9.17, 15) is 18.0 Å². The molecule has 2 bridgehead atoms. The molecule has 0 spiro atoms. The van der Waals surface area contributed by atoms with Crippen molar-refractivity contribution in [2.75, 3.05) is 13.2 Å². The third-order valence-corrected chi connectivity index (χ3v) is 7.99. The topological polar surface area (TPSA) is 105 Å². The summed E-state index contributed by atoms with van der Waals surface area (Å²) in [4.78, 5) is 23.8. The van der Waals surface area contributed by atoms with Crippen LogP contribution < -0.4 is 0 Å². The second-order valence-corrected chi connectivity index (χ2v) is 9.90. The van der Waals surface area contributed by atoms with Crippen molar-refractivity contribution in [1.82, 2.24) is 0 Å². The molecule has 8 nitrogen and oxygen atoms in total. The maximum atomic E-state index is 12.1. The zero-order valence-corrected chi connectivity index (χ0v) is 16.3. The summed E-state index contributed by atoms with van der Waals surface area (Å²) in [7, 11) is -3.60. The Bertz CT molecular complexity index is 700. The zero-order chi connectivity index (χ0) is 19.3. The first kappa shape index (κ1) is 19.4. The highest BCUT2D eigenvalue weighted by Gasteiger charge is 2.72. The van der Waals surface area contributed by atoms with Crippen molar-refractivity contribution in [2.45, 2.75) is 63.9 Å². The molecule has 148 valence electrons. The molecule has 0 radical (unpaired) electrons. The van der Waals surface area contributed by atoms with Crippen LogP contribution in [0.4, 0.5) is 4.79 Å². The van der Waals surface area contributed by atoms with E-state index in [0.717, 1.165) is 0 Å². The van der Waals surface area contributed by atoms with Crippen LogP contribution >= 0.6 is 0 Å². The van der Waals surface area contributed by atoms with Gasteiger partial charge in [0, 0.05) is 11.8 Å². The van der Waals surface area contributed by atoms with Gasteiger partial charge >= 0.3 is 12.1 Å². The lowest BCUT2D eigenvalue weighted by Gasteiger charge is -2.33. The van der Waals surface area contributed by atoms with Crippen molar-refractivity contribution in [3.63, 3.8) is 0 Å². The van der Waals surface area contributed by atoms with E-state index in [1.807, 2.05) is 6.92 Å². The number of carbonyl (C=O) groups is 2. The maximum absolute atomic E-state index is 12.1. The molecule has 9 heteroatoms. The fourth-order valence-corrected chi connectivity index (χ4v) is 6.37. The van der Waals surface area contributed by atoms with Crippen LogP contribution in [-0.2, 0) is 33.3 Å². The third kappa shape index (κ3) is 3.09. The van der Waals surface area contributed by atoms with Gasteiger partial charge in [0.2, 0.25) is 0 Å². The van der Waals surface area contributed by atoms with Crippen LogP contribution in [0.3, 0.4) is 0 Å². The lowest BCUT2D eigenvalue weighted by Crippen LogP contribution is -2.47. The number of ether oxygens (including phenoxy) is 3. The summed E-state index contributed by atoms with van der Waals surface area (Å²) >= 11 is 0. The Morgan fingerprint density at radius 2 is 1.85 bits per heavy atom. The number of rotatable bonds is 6. The van der Waals surface area contributed by atoms with Gasteiger partial charge in [0.05, 0.1) is 10.7 Å². The van der Waals surface area contributed by atoms with Crippen LogP contribution in [0.25, 0.3) is 0 Å².